The first kappa shape index (κ1) is 36.8. The van der Waals surface area contributed by atoms with Gasteiger partial charge in [0, 0.05) is 0 Å². The molecule has 0 rings (SSSR count). The number of allylic oxidation sites excluding steroid dienone is 3. The fourth-order valence-electron chi connectivity index (χ4n) is 4.68. The summed E-state index contributed by atoms with van der Waals surface area (Å²) in [4.78, 5) is 12.3. The third-order valence-corrected chi connectivity index (χ3v) is 7.23. The Labute approximate surface area is 235 Å². The molecule has 0 aromatic carbocycles. The molecule has 5 nitrogen and oxygen atoms in total. The van der Waals surface area contributed by atoms with E-state index in [2.05, 4.69) is 31.3 Å². The number of rotatable bonds is 28. The van der Waals surface area contributed by atoms with Crippen molar-refractivity contribution in [3.63, 3.8) is 0 Å². The number of nitrogens with one attached hydrogen (secondary N) is 1. The lowest BCUT2D eigenvalue weighted by molar-refractivity contribution is -0.124. The standard InChI is InChI=1S/C33H63NO4/c1-3-5-7-9-11-13-15-16-17-18-20-22-24-26-30(36)28-33(38)34-31(29-35)32(37)27-25-23-21-19-14-12-10-8-6-4-2/h13,15,25,27,30-32,35-37H,3-12,14,16-24,26,28-29H2,1-2H3,(H,34,38)/b15-13-,27-25+. The van der Waals surface area contributed by atoms with E-state index in [4.69, 9.17) is 0 Å². The van der Waals surface area contributed by atoms with E-state index in [9.17, 15) is 20.1 Å². The lowest BCUT2D eigenvalue weighted by atomic mass is 10.0. The van der Waals surface area contributed by atoms with Gasteiger partial charge in [-0.3, -0.25) is 4.79 Å². The van der Waals surface area contributed by atoms with Crippen LogP contribution >= 0.6 is 0 Å². The molecule has 5 heteroatoms. The number of aliphatic hydroxyl groups excluding tert-OH is 3. The predicted molar refractivity (Wildman–Crippen MR) is 162 cm³/mol. The summed E-state index contributed by atoms with van der Waals surface area (Å²) in [6, 6.07) is -0.741. The number of hydrogen-bond acceptors (Lipinski definition) is 4. The third kappa shape index (κ3) is 25.1. The summed E-state index contributed by atoms with van der Waals surface area (Å²) >= 11 is 0. The first-order chi connectivity index (χ1) is 18.5. The molecule has 0 radical (unpaired) electrons. The highest BCUT2D eigenvalue weighted by Gasteiger charge is 2.20. The Morgan fingerprint density at radius 1 is 0.658 bits per heavy atom. The normalized spacial score (nSPS) is 14.3. The molecule has 0 saturated carbocycles. The Bertz CT molecular complexity index is 563. The van der Waals surface area contributed by atoms with Gasteiger partial charge in [0.05, 0.1) is 31.3 Å². The van der Waals surface area contributed by atoms with E-state index in [1.54, 1.807) is 6.08 Å². The second-order valence-corrected chi connectivity index (χ2v) is 11.1. The molecule has 0 aromatic heterocycles. The molecule has 0 bridgehead atoms. The summed E-state index contributed by atoms with van der Waals surface area (Å²) in [5, 5.41) is 32.8. The van der Waals surface area contributed by atoms with Gasteiger partial charge in [-0.1, -0.05) is 128 Å². The molecule has 0 spiro atoms. The van der Waals surface area contributed by atoms with Crippen LogP contribution in [0.1, 0.15) is 155 Å². The summed E-state index contributed by atoms with van der Waals surface area (Å²) < 4.78 is 0. The van der Waals surface area contributed by atoms with E-state index in [0.29, 0.717) is 6.42 Å². The van der Waals surface area contributed by atoms with Gasteiger partial charge in [0.25, 0.3) is 0 Å². The number of carbonyl (C=O) groups is 1. The van der Waals surface area contributed by atoms with Crippen molar-refractivity contribution in [2.24, 2.45) is 0 Å². The van der Waals surface area contributed by atoms with Gasteiger partial charge >= 0.3 is 0 Å². The number of carbonyl (C=O) groups excluding carboxylic acids is 1. The van der Waals surface area contributed by atoms with E-state index in [-0.39, 0.29) is 18.9 Å². The third-order valence-electron chi connectivity index (χ3n) is 7.23. The SMILES string of the molecule is CCCCCC/C=C\CCCCCCCC(O)CC(=O)NC(CO)C(O)/C=C/CCCCCCCCCC. The van der Waals surface area contributed by atoms with Crippen molar-refractivity contribution in [3.05, 3.63) is 24.3 Å². The Hall–Kier alpha value is -1.17. The Balaban J connectivity index is 3.81. The largest absolute Gasteiger partial charge is 0.394 e. The maximum atomic E-state index is 12.3. The quantitative estimate of drug-likeness (QED) is 0.0603. The zero-order chi connectivity index (χ0) is 28.1. The molecule has 0 aliphatic heterocycles. The molecule has 0 saturated heterocycles. The van der Waals surface area contributed by atoms with Crippen LogP contribution in [0.25, 0.3) is 0 Å². The Kier molecular flexibility index (Phi) is 27.9. The maximum Gasteiger partial charge on any atom is 0.222 e. The van der Waals surface area contributed by atoms with Gasteiger partial charge in [0.2, 0.25) is 5.91 Å². The molecule has 0 aliphatic rings. The molecule has 0 heterocycles. The molecule has 3 unspecified atom stereocenters. The zero-order valence-electron chi connectivity index (χ0n) is 25.1. The summed E-state index contributed by atoms with van der Waals surface area (Å²) in [6.45, 7) is 4.14. The van der Waals surface area contributed by atoms with Crippen LogP contribution in [-0.2, 0) is 4.79 Å². The van der Waals surface area contributed by atoms with Crippen LogP contribution in [0.2, 0.25) is 0 Å². The molecular weight excluding hydrogens is 474 g/mol. The van der Waals surface area contributed by atoms with E-state index in [0.717, 1.165) is 38.5 Å². The second kappa shape index (κ2) is 28.8. The summed E-state index contributed by atoms with van der Waals surface area (Å²) in [7, 11) is 0. The number of unbranched alkanes of at least 4 members (excludes halogenated alkanes) is 17. The molecule has 38 heavy (non-hydrogen) atoms. The van der Waals surface area contributed by atoms with Crippen LogP contribution < -0.4 is 5.32 Å². The summed E-state index contributed by atoms with van der Waals surface area (Å²) in [5.74, 6) is -0.325. The number of amides is 1. The molecule has 0 fully saturated rings. The predicted octanol–water partition coefficient (Wildman–Crippen LogP) is 7.92. The van der Waals surface area contributed by atoms with E-state index < -0.39 is 18.2 Å². The monoisotopic (exact) mass is 537 g/mol. The van der Waals surface area contributed by atoms with Gasteiger partial charge < -0.3 is 20.6 Å². The second-order valence-electron chi connectivity index (χ2n) is 11.1. The van der Waals surface area contributed by atoms with Crippen molar-refractivity contribution in [3.8, 4) is 0 Å². The van der Waals surface area contributed by atoms with Crippen molar-refractivity contribution < 1.29 is 20.1 Å². The van der Waals surface area contributed by atoms with Crippen LogP contribution in [0.3, 0.4) is 0 Å². The van der Waals surface area contributed by atoms with Crippen LogP contribution in [0.4, 0.5) is 0 Å². The molecule has 0 aromatic rings. The fraction of sp³-hybridized carbons (Fsp3) is 0.848. The van der Waals surface area contributed by atoms with E-state index in [1.165, 1.54) is 89.9 Å². The summed E-state index contributed by atoms with van der Waals surface area (Å²) in [5.41, 5.74) is 0. The van der Waals surface area contributed by atoms with Crippen LogP contribution in [0.15, 0.2) is 24.3 Å². The first-order valence-electron chi connectivity index (χ1n) is 16.1. The van der Waals surface area contributed by atoms with E-state index >= 15 is 0 Å². The minimum absolute atomic E-state index is 0.00818. The number of aliphatic hydroxyl groups is 3. The van der Waals surface area contributed by atoms with Gasteiger partial charge in [-0.15, -0.1) is 0 Å². The minimum Gasteiger partial charge on any atom is -0.394 e. The van der Waals surface area contributed by atoms with Crippen molar-refractivity contribution in [1.29, 1.82) is 0 Å². The highest BCUT2D eigenvalue weighted by atomic mass is 16.3. The lowest BCUT2D eigenvalue weighted by Gasteiger charge is -2.21. The first-order valence-corrected chi connectivity index (χ1v) is 16.1. The molecular formula is C33H63NO4. The van der Waals surface area contributed by atoms with Gasteiger partial charge in [-0.2, -0.15) is 0 Å². The molecule has 224 valence electrons. The highest BCUT2D eigenvalue weighted by molar-refractivity contribution is 5.76. The Morgan fingerprint density at radius 2 is 1.11 bits per heavy atom. The molecule has 4 N–H and O–H groups in total. The molecule has 3 atom stereocenters. The van der Waals surface area contributed by atoms with Crippen molar-refractivity contribution >= 4 is 5.91 Å². The lowest BCUT2D eigenvalue weighted by Crippen LogP contribution is -2.45. The number of hydrogen-bond donors (Lipinski definition) is 4. The van der Waals surface area contributed by atoms with E-state index in [1.807, 2.05) is 6.08 Å². The maximum absolute atomic E-state index is 12.3. The average molecular weight is 538 g/mol. The zero-order valence-corrected chi connectivity index (χ0v) is 25.1. The molecule has 0 aliphatic carbocycles. The Morgan fingerprint density at radius 3 is 1.63 bits per heavy atom. The van der Waals surface area contributed by atoms with Gasteiger partial charge in [0.1, 0.15) is 0 Å². The van der Waals surface area contributed by atoms with Crippen LogP contribution in [0, 0.1) is 0 Å². The summed E-state index contributed by atoms with van der Waals surface area (Å²) in [6.07, 6.45) is 31.5. The van der Waals surface area contributed by atoms with Crippen molar-refractivity contribution in [1.82, 2.24) is 5.32 Å². The van der Waals surface area contributed by atoms with Crippen molar-refractivity contribution in [2.45, 2.75) is 173 Å². The average Bonchev–Trinajstić information content (AvgIpc) is 2.90. The van der Waals surface area contributed by atoms with Gasteiger partial charge in [0.15, 0.2) is 0 Å². The molecule has 1 amide bonds. The van der Waals surface area contributed by atoms with Gasteiger partial charge in [-0.05, 0) is 44.9 Å². The van der Waals surface area contributed by atoms with Crippen LogP contribution in [-0.4, -0.2) is 46.1 Å². The smallest absolute Gasteiger partial charge is 0.222 e. The minimum atomic E-state index is -0.925. The highest BCUT2D eigenvalue weighted by Crippen LogP contribution is 2.12. The van der Waals surface area contributed by atoms with Crippen LogP contribution in [0.5, 0.6) is 0 Å². The van der Waals surface area contributed by atoms with Crippen molar-refractivity contribution in [2.75, 3.05) is 6.61 Å². The fourth-order valence-corrected chi connectivity index (χ4v) is 4.68. The van der Waals surface area contributed by atoms with Gasteiger partial charge in [-0.25, -0.2) is 0 Å². The topological polar surface area (TPSA) is 89.8 Å².